The fourth-order valence-electron chi connectivity index (χ4n) is 2.77. The maximum absolute atomic E-state index is 12.3. The van der Waals surface area contributed by atoms with Crippen LogP contribution in [0.15, 0.2) is 18.2 Å². The van der Waals surface area contributed by atoms with Gasteiger partial charge in [-0.15, -0.1) is 0 Å². The number of aryl methyl sites for hydroxylation is 1. The number of rotatable bonds is 6. The van der Waals surface area contributed by atoms with Gasteiger partial charge in [-0.1, -0.05) is 0 Å². The van der Waals surface area contributed by atoms with Gasteiger partial charge in [0.2, 0.25) is 6.79 Å². The molecule has 1 aliphatic heterocycles. The van der Waals surface area contributed by atoms with E-state index in [2.05, 4.69) is 10.3 Å². The molecule has 3 rings (SSSR count). The number of ether oxygens (including phenoxy) is 4. The molecule has 0 bridgehead atoms. The van der Waals surface area contributed by atoms with E-state index in [0.717, 1.165) is 0 Å². The first kappa shape index (κ1) is 17.7. The molecular weight excluding hydrogens is 340 g/mol. The fourth-order valence-corrected chi connectivity index (χ4v) is 2.77. The third-order valence-electron chi connectivity index (χ3n) is 4.05. The number of amides is 1. The second-order valence-electron chi connectivity index (χ2n) is 5.74. The van der Waals surface area contributed by atoms with Crippen LogP contribution in [0, 0.1) is 13.8 Å². The van der Waals surface area contributed by atoms with Gasteiger partial charge in [0.05, 0.1) is 19.2 Å². The van der Waals surface area contributed by atoms with E-state index >= 15 is 0 Å². The maximum Gasteiger partial charge on any atom is 0.339 e. The maximum atomic E-state index is 12.3. The summed E-state index contributed by atoms with van der Waals surface area (Å²) in [7, 11) is 1.31. The predicted molar refractivity (Wildman–Crippen MR) is 92.0 cm³/mol. The molecule has 8 nitrogen and oxygen atoms in total. The predicted octanol–water partition coefficient (Wildman–Crippen LogP) is 1.96. The molecule has 8 heteroatoms. The first-order valence-electron chi connectivity index (χ1n) is 8.09. The molecule has 2 heterocycles. The number of H-pyrrole nitrogens is 1. The van der Waals surface area contributed by atoms with E-state index in [1.165, 1.54) is 7.11 Å². The van der Waals surface area contributed by atoms with E-state index in [1.54, 1.807) is 32.0 Å². The van der Waals surface area contributed by atoms with Crippen molar-refractivity contribution in [1.29, 1.82) is 0 Å². The Morgan fingerprint density at radius 3 is 2.77 bits per heavy atom. The van der Waals surface area contributed by atoms with Gasteiger partial charge in [-0.3, -0.25) is 4.79 Å². The normalized spacial score (nSPS) is 12.0. The van der Waals surface area contributed by atoms with Gasteiger partial charge in [0.1, 0.15) is 18.1 Å². The van der Waals surface area contributed by atoms with Crippen molar-refractivity contribution in [3.63, 3.8) is 0 Å². The molecule has 1 aromatic carbocycles. The van der Waals surface area contributed by atoms with Gasteiger partial charge in [-0.05, 0) is 31.5 Å². The lowest BCUT2D eigenvalue weighted by molar-refractivity contribution is 0.0599. The van der Waals surface area contributed by atoms with Gasteiger partial charge in [0, 0.05) is 11.8 Å². The van der Waals surface area contributed by atoms with E-state index in [0.29, 0.717) is 46.3 Å². The van der Waals surface area contributed by atoms with Crippen molar-refractivity contribution in [2.45, 2.75) is 13.8 Å². The van der Waals surface area contributed by atoms with Gasteiger partial charge >= 0.3 is 5.97 Å². The monoisotopic (exact) mass is 360 g/mol. The first-order chi connectivity index (χ1) is 12.5. The average molecular weight is 360 g/mol. The van der Waals surface area contributed by atoms with Gasteiger partial charge < -0.3 is 29.2 Å². The highest BCUT2D eigenvalue weighted by Crippen LogP contribution is 2.34. The Balaban J connectivity index is 1.54. The summed E-state index contributed by atoms with van der Waals surface area (Å²) >= 11 is 0. The Morgan fingerprint density at radius 1 is 1.23 bits per heavy atom. The van der Waals surface area contributed by atoms with Crippen LogP contribution >= 0.6 is 0 Å². The molecule has 26 heavy (non-hydrogen) atoms. The van der Waals surface area contributed by atoms with Crippen LogP contribution in [-0.4, -0.2) is 43.9 Å². The highest BCUT2D eigenvalue weighted by Gasteiger charge is 2.22. The zero-order valence-electron chi connectivity index (χ0n) is 14.8. The number of carbonyl (C=O) groups is 2. The topological polar surface area (TPSA) is 98.9 Å². The van der Waals surface area contributed by atoms with Gasteiger partial charge in [0.25, 0.3) is 5.91 Å². The molecule has 138 valence electrons. The minimum Gasteiger partial charge on any atom is -0.492 e. The molecule has 1 aliphatic rings. The second kappa shape index (κ2) is 7.38. The van der Waals surface area contributed by atoms with Crippen LogP contribution in [0.4, 0.5) is 0 Å². The number of aromatic nitrogens is 1. The molecule has 1 amide bonds. The van der Waals surface area contributed by atoms with Crippen LogP contribution in [0.5, 0.6) is 17.2 Å². The van der Waals surface area contributed by atoms with Crippen molar-refractivity contribution >= 4 is 11.9 Å². The second-order valence-corrected chi connectivity index (χ2v) is 5.74. The smallest absolute Gasteiger partial charge is 0.339 e. The quantitative estimate of drug-likeness (QED) is 0.603. The lowest BCUT2D eigenvalue weighted by Gasteiger charge is -2.08. The van der Waals surface area contributed by atoms with Crippen LogP contribution in [0.1, 0.15) is 32.1 Å². The van der Waals surface area contributed by atoms with Gasteiger partial charge in [0.15, 0.2) is 11.5 Å². The number of carbonyl (C=O) groups excluding carboxylic acids is 2. The van der Waals surface area contributed by atoms with E-state index in [4.69, 9.17) is 18.9 Å². The van der Waals surface area contributed by atoms with Crippen LogP contribution in [0.2, 0.25) is 0 Å². The van der Waals surface area contributed by atoms with Crippen molar-refractivity contribution in [2.24, 2.45) is 0 Å². The largest absolute Gasteiger partial charge is 0.492 e. The molecular formula is C18H20N2O6. The van der Waals surface area contributed by atoms with Crippen molar-refractivity contribution < 1.29 is 28.5 Å². The van der Waals surface area contributed by atoms with E-state index in [9.17, 15) is 9.59 Å². The third-order valence-corrected chi connectivity index (χ3v) is 4.05. The van der Waals surface area contributed by atoms with E-state index in [-0.39, 0.29) is 19.3 Å². The summed E-state index contributed by atoms with van der Waals surface area (Å²) in [6, 6.07) is 5.29. The lowest BCUT2D eigenvalue weighted by Crippen LogP contribution is -2.29. The minimum absolute atomic E-state index is 0.206. The standard InChI is InChI=1S/C18H20N2O6/c1-10-15(18(22)23-3)11(2)20-16(10)17(21)19-6-7-24-12-4-5-13-14(8-12)26-9-25-13/h4-5,8,20H,6-7,9H2,1-3H3,(H,19,21). The van der Waals surface area contributed by atoms with Crippen LogP contribution in [-0.2, 0) is 4.74 Å². The van der Waals surface area contributed by atoms with E-state index < -0.39 is 5.97 Å². The Morgan fingerprint density at radius 2 is 2.00 bits per heavy atom. The summed E-state index contributed by atoms with van der Waals surface area (Å²) in [6.45, 7) is 4.22. The summed E-state index contributed by atoms with van der Waals surface area (Å²) in [6.07, 6.45) is 0. The number of hydrogen-bond acceptors (Lipinski definition) is 6. The number of hydrogen-bond donors (Lipinski definition) is 2. The molecule has 0 saturated carbocycles. The fraction of sp³-hybridized carbons (Fsp3) is 0.333. The average Bonchev–Trinajstić information content (AvgIpc) is 3.21. The molecule has 0 unspecified atom stereocenters. The summed E-state index contributed by atoms with van der Waals surface area (Å²) in [5.74, 6) is 1.17. The summed E-state index contributed by atoms with van der Waals surface area (Å²) in [5, 5.41) is 2.76. The molecule has 0 atom stereocenters. The molecule has 2 N–H and O–H groups in total. The Kier molecular flexibility index (Phi) is 5.01. The summed E-state index contributed by atoms with van der Waals surface area (Å²) in [5.41, 5.74) is 1.87. The first-order valence-corrected chi connectivity index (χ1v) is 8.09. The molecule has 0 saturated heterocycles. The molecule has 0 fully saturated rings. The zero-order valence-corrected chi connectivity index (χ0v) is 14.8. The Bertz CT molecular complexity index is 842. The third kappa shape index (κ3) is 3.44. The Labute approximate surface area is 150 Å². The summed E-state index contributed by atoms with van der Waals surface area (Å²) < 4.78 is 20.9. The van der Waals surface area contributed by atoms with Crippen LogP contribution in [0.3, 0.4) is 0 Å². The number of benzene rings is 1. The number of nitrogens with one attached hydrogen (secondary N) is 2. The van der Waals surface area contributed by atoms with E-state index in [1.807, 2.05) is 0 Å². The number of methoxy groups -OCH3 is 1. The zero-order chi connectivity index (χ0) is 18.7. The molecule has 0 radical (unpaired) electrons. The lowest BCUT2D eigenvalue weighted by atomic mass is 10.1. The van der Waals surface area contributed by atoms with Crippen molar-refractivity contribution in [3.8, 4) is 17.2 Å². The van der Waals surface area contributed by atoms with Crippen LogP contribution < -0.4 is 19.5 Å². The number of esters is 1. The summed E-state index contributed by atoms with van der Waals surface area (Å²) in [4.78, 5) is 27.0. The highest BCUT2D eigenvalue weighted by atomic mass is 16.7. The Hall–Kier alpha value is -3.16. The highest BCUT2D eigenvalue weighted by molar-refractivity contribution is 6.00. The molecule has 0 aliphatic carbocycles. The van der Waals surface area contributed by atoms with Gasteiger partial charge in [-0.25, -0.2) is 4.79 Å². The molecule has 1 aromatic heterocycles. The van der Waals surface area contributed by atoms with Crippen LogP contribution in [0.25, 0.3) is 0 Å². The van der Waals surface area contributed by atoms with Crippen molar-refractivity contribution in [3.05, 3.63) is 40.7 Å². The number of aromatic amines is 1. The van der Waals surface area contributed by atoms with Crippen molar-refractivity contribution in [2.75, 3.05) is 27.1 Å². The molecule has 2 aromatic rings. The SMILES string of the molecule is COC(=O)c1c(C)[nH]c(C(=O)NCCOc2ccc3c(c2)OCO3)c1C. The minimum atomic E-state index is -0.471. The number of fused-ring (bicyclic) bond motifs is 1. The molecule has 0 spiro atoms. The van der Waals surface area contributed by atoms with Gasteiger partial charge in [-0.2, -0.15) is 0 Å². The van der Waals surface area contributed by atoms with Crippen molar-refractivity contribution in [1.82, 2.24) is 10.3 Å².